The molecular weight excluding hydrogens is 368 g/mol. The van der Waals surface area contributed by atoms with Gasteiger partial charge in [0.2, 0.25) is 0 Å². The molecule has 0 saturated carbocycles. The van der Waals surface area contributed by atoms with Crippen molar-refractivity contribution < 1.29 is 18.7 Å². The molecule has 0 fully saturated rings. The topological polar surface area (TPSA) is 80.6 Å². The van der Waals surface area contributed by atoms with Crippen LogP contribution in [0.4, 0.5) is 5.69 Å². The highest BCUT2D eigenvalue weighted by molar-refractivity contribution is 6.04. The minimum atomic E-state index is -0.227. The van der Waals surface area contributed by atoms with E-state index in [4.69, 9.17) is 9.15 Å². The number of rotatable bonds is 8. The van der Waals surface area contributed by atoms with Gasteiger partial charge in [-0.15, -0.1) is 0 Å². The highest BCUT2D eigenvalue weighted by Gasteiger charge is 2.09. The van der Waals surface area contributed by atoms with Gasteiger partial charge < -0.3 is 19.8 Å². The highest BCUT2D eigenvalue weighted by atomic mass is 16.5. The van der Waals surface area contributed by atoms with E-state index in [0.717, 1.165) is 12.2 Å². The minimum absolute atomic E-state index is 0.129. The fraction of sp³-hybridized carbons (Fsp3) is 0.217. The molecule has 0 aliphatic rings. The van der Waals surface area contributed by atoms with Crippen molar-refractivity contribution in [1.29, 1.82) is 0 Å². The normalized spacial score (nSPS) is 11.5. The number of ether oxygens (including phenoxy) is 1. The molecule has 150 valence electrons. The molecule has 6 nitrogen and oxygen atoms in total. The summed E-state index contributed by atoms with van der Waals surface area (Å²) >= 11 is 0. The summed E-state index contributed by atoms with van der Waals surface area (Å²) in [5, 5.41) is 5.60. The first kappa shape index (κ1) is 20.2. The van der Waals surface area contributed by atoms with Gasteiger partial charge in [0.15, 0.2) is 0 Å². The molecule has 1 atom stereocenters. The third-order valence-electron chi connectivity index (χ3n) is 4.44. The maximum atomic E-state index is 12.4. The molecule has 3 aromatic rings. The first-order chi connectivity index (χ1) is 14.0. The molecule has 2 aromatic carbocycles. The maximum Gasteiger partial charge on any atom is 0.255 e. The lowest BCUT2D eigenvalue weighted by molar-refractivity contribution is 0.0947. The monoisotopic (exact) mass is 392 g/mol. The Morgan fingerprint density at radius 1 is 0.966 bits per heavy atom. The van der Waals surface area contributed by atoms with Crippen LogP contribution in [0.2, 0.25) is 0 Å². The Hall–Kier alpha value is -3.54. The number of benzene rings is 2. The molecule has 0 bridgehead atoms. The lowest BCUT2D eigenvalue weighted by atomic mass is 10.1. The van der Waals surface area contributed by atoms with Crippen molar-refractivity contribution in [3.05, 3.63) is 83.8 Å². The molecule has 6 heteroatoms. The molecule has 0 aliphatic heterocycles. The SMILES string of the molecule is CCC(C)Oc1ccc(C(=O)Nc2ccc(C(=O)NCc3ccco3)cc2)cc1. The summed E-state index contributed by atoms with van der Waals surface area (Å²) in [4.78, 5) is 24.6. The van der Waals surface area contributed by atoms with Crippen LogP contribution in [0.15, 0.2) is 71.3 Å². The predicted octanol–water partition coefficient (Wildman–Crippen LogP) is 4.64. The standard InChI is InChI=1S/C23H24N2O4/c1-3-16(2)29-20-12-8-18(9-13-20)23(27)25-19-10-6-17(7-11-19)22(26)24-15-21-5-4-14-28-21/h4-14,16H,3,15H2,1-2H3,(H,24,26)(H,25,27). The van der Waals surface area contributed by atoms with E-state index >= 15 is 0 Å². The van der Waals surface area contributed by atoms with E-state index in [9.17, 15) is 9.59 Å². The quantitative estimate of drug-likeness (QED) is 0.585. The van der Waals surface area contributed by atoms with Gasteiger partial charge in [-0.05, 0) is 74.0 Å². The first-order valence-corrected chi connectivity index (χ1v) is 9.54. The number of hydrogen-bond acceptors (Lipinski definition) is 4. The molecule has 0 radical (unpaired) electrons. The van der Waals surface area contributed by atoms with Crippen molar-refractivity contribution in [2.24, 2.45) is 0 Å². The zero-order valence-electron chi connectivity index (χ0n) is 16.5. The molecule has 0 spiro atoms. The molecule has 2 N–H and O–H groups in total. The van der Waals surface area contributed by atoms with E-state index in [2.05, 4.69) is 17.6 Å². The number of hydrogen-bond donors (Lipinski definition) is 2. The van der Waals surface area contributed by atoms with Gasteiger partial charge in [0, 0.05) is 16.8 Å². The summed E-state index contributed by atoms with van der Waals surface area (Å²) in [5.74, 6) is 0.981. The van der Waals surface area contributed by atoms with Crippen LogP contribution in [0.3, 0.4) is 0 Å². The summed E-state index contributed by atoms with van der Waals surface area (Å²) in [6.07, 6.45) is 2.61. The molecule has 0 saturated heterocycles. The zero-order chi connectivity index (χ0) is 20.6. The van der Waals surface area contributed by atoms with Crippen molar-refractivity contribution in [2.45, 2.75) is 32.9 Å². The van der Waals surface area contributed by atoms with Gasteiger partial charge in [-0.2, -0.15) is 0 Å². The van der Waals surface area contributed by atoms with Crippen LogP contribution in [0.5, 0.6) is 5.75 Å². The van der Waals surface area contributed by atoms with Crippen LogP contribution in [-0.2, 0) is 6.54 Å². The average Bonchev–Trinajstić information content (AvgIpc) is 3.26. The molecule has 1 heterocycles. The van der Waals surface area contributed by atoms with E-state index in [-0.39, 0.29) is 17.9 Å². The van der Waals surface area contributed by atoms with Crippen molar-refractivity contribution in [1.82, 2.24) is 5.32 Å². The van der Waals surface area contributed by atoms with Crippen molar-refractivity contribution in [3.63, 3.8) is 0 Å². The second-order valence-corrected chi connectivity index (χ2v) is 6.65. The summed E-state index contributed by atoms with van der Waals surface area (Å²) in [6, 6.07) is 17.3. The van der Waals surface area contributed by atoms with E-state index in [1.165, 1.54) is 0 Å². The van der Waals surface area contributed by atoms with Gasteiger partial charge in [-0.1, -0.05) is 6.92 Å². The molecule has 29 heavy (non-hydrogen) atoms. The van der Waals surface area contributed by atoms with E-state index in [1.807, 2.05) is 6.92 Å². The highest BCUT2D eigenvalue weighted by Crippen LogP contribution is 2.17. The Labute approximate surface area is 169 Å². The van der Waals surface area contributed by atoms with E-state index in [1.54, 1.807) is 66.9 Å². The lowest BCUT2D eigenvalue weighted by Crippen LogP contribution is -2.22. The second-order valence-electron chi connectivity index (χ2n) is 6.65. The number of furan rings is 1. The molecule has 1 aromatic heterocycles. The lowest BCUT2D eigenvalue weighted by Gasteiger charge is -2.12. The predicted molar refractivity (Wildman–Crippen MR) is 111 cm³/mol. The Balaban J connectivity index is 1.54. The second kappa shape index (κ2) is 9.59. The summed E-state index contributed by atoms with van der Waals surface area (Å²) in [5.41, 5.74) is 1.64. The smallest absolute Gasteiger partial charge is 0.255 e. The maximum absolute atomic E-state index is 12.4. The third-order valence-corrected chi connectivity index (χ3v) is 4.44. The average molecular weight is 392 g/mol. The van der Waals surface area contributed by atoms with Crippen LogP contribution in [0.1, 0.15) is 46.7 Å². The van der Waals surface area contributed by atoms with Gasteiger partial charge in [0.1, 0.15) is 11.5 Å². The van der Waals surface area contributed by atoms with Gasteiger partial charge in [-0.3, -0.25) is 9.59 Å². The zero-order valence-corrected chi connectivity index (χ0v) is 16.5. The summed E-state index contributed by atoms with van der Waals surface area (Å²) in [7, 11) is 0. The van der Waals surface area contributed by atoms with E-state index in [0.29, 0.717) is 29.1 Å². The van der Waals surface area contributed by atoms with Crippen molar-refractivity contribution in [2.75, 3.05) is 5.32 Å². The van der Waals surface area contributed by atoms with Crippen LogP contribution in [0, 0.1) is 0 Å². The van der Waals surface area contributed by atoms with Gasteiger partial charge in [0.25, 0.3) is 11.8 Å². The van der Waals surface area contributed by atoms with Crippen LogP contribution in [-0.4, -0.2) is 17.9 Å². The Morgan fingerprint density at radius 3 is 2.24 bits per heavy atom. The van der Waals surface area contributed by atoms with Crippen LogP contribution < -0.4 is 15.4 Å². The molecule has 2 amide bonds. The minimum Gasteiger partial charge on any atom is -0.491 e. The number of nitrogens with one attached hydrogen (secondary N) is 2. The molecule has 1 unspecified atom stereocenters. The van der Waals surface area contributed by atoms with Crippen LogP contribution in [0.25, 0.3) is 0 Å². The molecule has 0 aliphatic carbocycles. The molecular formula is C23H24N2O4. The summed E-state index contributed by atoms with van der Waals surface area (Å²) < 4.78 is 10.9. The van der Waals surface area contributed by atoms with Gasteiger partial charge in [0.05, 0.1) is 18.9 Å². The fourth-order valence-corrected chi connectivity index (χ4v) is 2.59. The number of amides is 2. The Kier molecular flexibility index (Phi) is 6.68. The Morgan fingerprint density at radius 2 is 1.62 bits per heavy atom. The number of carbonyl (C=O) groups excluding carboxylic acids is 2. The fourth-order valence-electron chi connectivity index (χ4n) is 2.59. The third kappa shape index (κ3) is 5.72. The first-order valence-electron chi connectivity index (χ1n) is 9.54. The Bertz CT molecular complexity index is 932. The van der Waals surface area contributed by atoms with Crippen molar-refractivity contribution in [3.8, 4) is 5.75 Å². The largest absolute Gasteiger partial charge is 0.491 e. The number of anilines is 1. The van der Waals surface area contributed by atoms with Gasteiger partial charge >= 0.3 is 0 Å². The molecule has 3 rings (SSSR count). The van der Waals surface area contributed by atoms with Gasteiger partial charge in [-0.25, -0.2) is 0 Å². The van der Waals surface area contributed by atoms with Crippen molar-refractivity contribution >= 4 is 17.5 Å². The summed E-state index contributed by atoms with van der Waals surface area (Å²) in [6.45, 7) is 4.38. The number of carbonyl (C=O) groups is 2. The van der Waals surface area contributed by atoms with Crippen LogP contribution >= 0.6 is 0 Å². The van der Waals surface area contributed by atoms with E-state index < -0.39 is 0 Å².